The molecule has 0 unspecified atom stereocenters. The van der Waals surface area contributed by atoms with Crippen molar-refractivity contribution in [3.8, 4) is 11.1 Å². The van der Waals surface area contributed by atoms with Gasteiger partial charge in [0.1, 0.15) is 5.65 Å². The number of fused-ring (bicyclic) bond motifs is 1. The summed E-state index contributed by atoms with van der Waals surface area (Å²) in [6.45, 7) is 8.99. The van der Waals surface area contributed by atoms with Crippen molar-refractivity contribution in [1.82, 2.24) is 34.4 Å². The van der Waals surface area contributed by atoms with Gasteiger partial charge >= 0.3 is 5.97 Å². The number of nitrogen functional groups attached to an aromatic ring is 1. The van der Waals surface area contributed by atoms with E-state index in [0.29, 0.717) is 6.54 Å². The molecule has 0 atom stereocenters. The second-order valence-electron chi connectivity index (χ2n) is 8.60. The van der Waals surface area contributed by atoms with E-state index in [0.717, 1.165) is 59.6 Å². The lowest BCUT2D eigenvalue weighted by Gasteiger charge is -2.17. The van der Waals surface area contributed by atoms with Crippen molar-refractivity contribution in [2.45, 2.75) is 26.9 Å². The first kappa shape index (κ1) is 25.6. The molecule has 5 rings (SSSR count). The number of hydrogen-bond acceptors (Lipinski definition) is 6. The SMILES string of the molecule is CCN(CC)CCn1cc(-c2cnc3[nH]cc(N)c3c2)cn1.O=C(O)c1cnn(Cc2ccccc2)c1. The monoisotopic (exact) mass is 500 g/mol. The molecule has 192 valence electrons. The average Bonchev–Trinajstić information content (AvgIpc) is 3.66. The van der Waals surface area contributed by atoms with E-state index in [-0.39, 0.29) is 5.56 Å². The molecule has 4 aromatic heterocycles. The zero-order chi connectivity index (χ0) is 26.2. The molecule has 0 aliphatic heterocycles. The summed E-state index contributed by atoms with van der Waals surface area (Å²) in [5, 5.41) is 18.1. The Kier molecular flexibility index (Phi) is 8.32. The Bertz CT molecular complexity index is 1430. The number of hydrogen-bond donors (Lipinski definition) is 3. The van der Waals surface area contributed by atoms with Gasteiger partial charge in [0.05, 0.1) is 36.7 Å². The molecule has 0 bridgehead atoms. The molecule has 0 spiro atoms. The van der Waals surface area contributed by atoms with Crippen molar-refractivity contribution in [3.63, 3.8) is 0 Å². The summed E-state index contributed by atoms with van der Waals surface area (Å²) < 4.78 is 3.59. The summed E-state index contributed by atoms with van der Waals surface area (Å²) in [5.41, 5.74) is 10.9. The third-order valence-corrected chi connectivity index (χ3v) is 6.14. The highest BCUT2D eigenvalue weighted by Gasteiger charge is 2.08. The summed E-state index contributed by atoms with van der Waals surface area (Å²) in [4.78, 5) is 20.5. The van der Waals surface area contributed by atoms with Crippen LogP contribution in [0.15, 0.2) is 73.6 Å². The Morgan fingerprint density at radius 1 is 1.03 bits per heavy atom. The summed E-state index contributed by atoms with van der Waals surface area (Å²) in [6.07, 6.45) is 10.4. The summed E-state index contributed by atoms with van der Waals surface area (Å²) in [5.74, 6) is -0.950. The van der Waals surface area contributed by atoms with Gasteiger partial charge in [-0.25, -0.2) is 9.78 Å². The van der Waals surface area contributed by atoms with Gasteiger partial charge in [0.2, 0.25) is 0 Å². The lowest BCUT2D eigenvalue weighted by atomic mass is 10.1. The third kappa shape index (κ3) is 6.62. The first-order chi connectivity index (χ1) is 18.0. The molecule has 10 nitrogen and oxygen atoms in total. The minimum absolute atomic E-state index is 0.214. The molecule has 0 amide bonds. The van der Waals surface area contributed by atoms with Gasteiger partial charge in [-0.1, -0.05) is 44.2 Å². The standard InChI is InChI=1S/C16H22N6.C11H10N2O2/c1-3-21(4-2)5-6-22-11-13(9-20-22)12-7-14-15(17)10-19-16(14)18-8-12;14-11(15)10-6-12-13(8-10)7-9-4-2-1-3-5-9/h7-11H,3-6,17H2,1-2H3,(H,18,19);1-6,8H,7H2,(H,14,15). The van der Waals surface area contributed by atoms with Crippen molar-refractivity contribution < 1.29 is 9.90 Å². The number of nitrogens with zero attached hydrogens (tertiary/aromatic N) is 6. The van der Waals surface area contributed by atoms with Gasteiger partial charge in [0.25, 0.3) is 0 Å². The van der Waals surface area contributed by atoms with Crippen LogP contribution in [0.4, 0.5) is 5.69 Å². The maximum absolute atomic E-state index is 10.6. The molecular formula is C27H32N8O2. The minimum atomic E-state index is -0.950. The molecule has 0 aliphatic carbocycles. The quantitative estimate of drug-likeness (QED) is 0.279. The largest absolute Gasteiger partial charge is 0.478 e. The van der Waals surface area contributed by atoms with Crippen LogP contribution < -0.4 is 5.73 Å². The van der Waals surface area contributed by atoms with Gasteiger partial charge in [-0.05, 0) is 24.7 Å². The van der Waals surface area contributed by atoms with Gasteiger partial charge < -0.3 is 20.7 Å². The van der Waals surface area contributed by atoms with E-state index in [4.69, 9.17) is 10.8 Å². The first-order valence-corrected chi connectivity index (χ1v) is 12.2. The zero-order valence-corrected chi connectivity index (χ0v) is 21.1. The molecule has 5 aromatic rings. The lowest BCUT2D eigenvalue weighted by molar-refractivity contribution is 0.0696. The van der Waals surface area contributed by atoms with Gasteiger partial charge in [0, 0.05) is 47.8 Å². The Hall–Kier alpha value is -4.44. The Morgan fingerprint density at radius 2 is 1.78 bits per heavy atom. The molecule has 0 aliphatic rings. The van der Waals surface area contributed by atoms with Crippen LogP contribution in [-0.4, -0.2) is 65.1 Å². The number of H-pyrrole nitrogens is 1. The Balaban J connectivity index is 0.000000186. The van der Waals surface area contributed by atoms with Crippen molar-refractivity contribution in [2.75, 3.05) is 25.4 Å². The number of pyridine rings is 1. The molecule has 4 heterocycles. The van der Waals surface area contributed by atoms with Crippen molar-refractivity contribution in [1.29, 1.82) is 0 Å². The smallest absolute Gasteiger partial charge is 0.338 e. The first-order valence-electron chi connectivity index (χ1n) is 12.2. The number of carboxylic acid groups (broad SMARTS) is 1. The highest BCUT2D eigenvalue weighted by Crippen LogP contribution is 2.25. The van der Waals surface area contributed by atoms with Crippen LogP contribution >= 0.6 is 0 Å². The zero-order valence-electron chi connectivity index (χ0n) is 21.1. The van der Waals surface area contributed by atoms with Crippen LogP contribution in [0.1, 0.15) is 29.8 Å². The van der Waals surface area contributed by atoms with E-state index < -0.39 is 5.97 Å². The van der Waals surface area contributed by atoms with Crippen LogP contribution in [0, 0.1) is 0 Å². The minimum Gasteiger partial charge on any atom is -0.478 e. The number of nitrogens with one attached hydrogen (secondary N) is 1. The normalized spacial score (nSPS) is 11.0. The predicted octanol–water partition coefficient (Wildman–Crippen LogP) is 3.98. The van der Waals surface area contributed by atoms with Crippen molar-refractivity contribution in [3.05, 3.63) is 84.7 Å². The fraction of sp³-hybridized carbons (Fsp3) is 0.259. The van der Waals surface area contributed by atoms with Gasteiger partial charge in [-0.15, -0.1) is 0 Å². The van der Waals surface area contributed by atoms with Gasteiger partial charge in [0.15, 0.2) is 0 Å². The van der Waals surface area contributed by atoms with Crippen LogP contribution in [-0.2, 0) is 13.1 Å². The number of benzene rings is 1. The summed E-state index contributed by atoms with van der Waals surface area (Å²) >= 11 is 0. The van der Waals surface area contributed by atoms with Crippen LogP contribution in [0.3, 0.4) is 0 Å². The van der Waals surface area contributed by atoms with Crippen LogP contribution in [0.5, 0.6) is 0 Å². The molecule has 10 heteroatoms. The molecule has 37 heavy (non-hydrogen) atoms. The van der Waals surface area contributed by atoms with E-state index in [9.17, 15) is 4.79 Å². The molecule has 0 radical (unpaired) electrons. The molecule has 1 aromatic carbocycles. The summed E-state index contributed by atoms with van der Waals surface area (Å²) in [6, 6.07) is 11.8. The second-order valence-corrected chi connectivity index (χ2v) is 8.60. The average molecular weight is 501 g/mol. The van der Waals surface area contributed by atoms with Crippen LogP contribution in [0.2, 0.25) is 0 Å². The number of nitrogens with two attached hydrogens (primary N) is 1. The number of aromatic carboxylic acids is 1. The number of anilines is 1. The van der Waals surface area contributed by atoms with E-state index >= 15 is 0 Å². The highest BCUT2D eigenvalue weighted by atomic mass is 16.4. The van der Waals surface area contributed by atoms with E-state index in [1.807, 2.05) is 47.4 Å². The number of likely N-dealkylation sites (N-methyl/N-ethyl adjacent to an activating group) is 1. The number of aromatic nitrogens is 6. The predicted molar refractivity (Wildman–Crippen MR) is 144 cm³/mol. The molecular weight excluding hydrogens is 468 g/mol. The fourth-order valence-electron chi connectivity index (χ4n) is 3.93. The number of carbonyl (C=O) groups is 1. The summed E-state index contributed by atoms with van der Waals surface area (Å²) in [7, 11) is 0. The second kappa shape index (κ2) is 12.0. The van der Waals surface area contributed by atoms with Crippen LogP contribution in [0.25, 0.3) is 22.2 Å². The van der Waals surface area contributed by atoms with Gasteiger partial charge in [-0.3, -0.25) is 9.36 Å². The maximum Gasteiger partial charge on any atom is 0.338 e. The number of rotatable bonds is 9. The van der Waals surface area contributed by atoms with E-state index in [1.54, 1.807) is 10.9 Å². The van der Waals surface area contributed by atoms with E-state index in [2.05, 4.69) is 51.2 Å². The molecule has 0 saturated heterocycles. The molecule has 4 N–H and O–H groups in total. The molecule has 0 fully saturated rings. The molecule has 0 saturated carbocycles. The lowest BCUT2D eigenvalue weighted by Crippen LogP contribution is -2.27. The Morgan fingerprint density at radius 3 is 2.49 bits per heavy atom. The third-order valence-electron chi connectivity index (χ3n) is 6.14. The van der Waals surface area contributed by atoms with E-state index in [1.165, 1.54) is 12.4 Å². The van der Waals surface area contributed by atoms with Gasteiger partial charge in [-0.2, -0.15) is 10.2 Å². The maximum atomic E-state index is 10.6. The number of aromatic amines is 1. The Labute approximate surface area is 215 Å². The highest BCUT2D eigenvalue weighted by molar-refractivity contribution is 5.91. The van der Waals surface area contributed by atoms with Crippen molar-refractivity contribution in [2.24, 2.45) is 0 Å². The number of carboxylic acids is 1. The van der Waals surface area contributed by atoms with Crippen molar-refractivity contribution >= 4 is 22.7 Å². The fourth-order valence-corrected chi connectivity index (χ4v) is 3.93. The topological polar surface area (TPSA) is 131 Å².